The van der Waals surface area contributed by atoms with Gasteiger partial charge in [0.2, 0.25) is 12.7 Å². The van der Waals surface area contributed by atoms with Crippen molar-refractivity contribution in [2.75, 3.05) is 13.3 Å². The van der Waals surface area contributed by atoms with Gasteiger partial charge in [0.1, 0.15) is 11.9 Å². The van der Waals surface area contributed by atoms with Gasteiger partial charge in [0.05, 0.1) is 13.0 Å². The number of hydrogen-bond acceptors (Lipinski definition) is 5. The molecule has 1 amide bonds. The van der Waals surface area contributed by atoms with Crippen LogP contribution in [0.3, 0.4) is 0 Å². The number of nitrogens with zero attached hydrogens (tertiary/aromatic N) is 1. The van der Waals surface area contributed by atoms with E-state index in [2.05, 4.69) is 10.3 Å². The molecule has 0 fully saturated rings. The Labute approximate surface area is 178 Å². The largest absolute Gasteiger partial charge is 0.487 e. The Morgan fingerprint density at radius 1 is 1.10 bits per heavy atom. The molecular weight excluding hydrogens is 404 g/mol. The predicted octanol–water partition coefficient (Wildman–Crippen LogP) is 3.79. The number of fused-ring (bicyclic) bond motifs is 2. The number of nitrogens with one attached hydrogen (secondary N) is 1. The van der Waals surface area contributed by atoms with Gasteiger partial charge in [-0.25, -0.2) is 0 Å². The molecule has 152 valence electrons. The number of rotatable bonds is 5. The molecule has 1 aromatic heterocycles. The van der Waals surface area contributed by atoms with Crippen molar-refractivity contribution < 1.29 is 19.0 Å². The highest BCUT2D eigenvalue weighted by molar-refractivity contribution is 6.31. The minimum absolute atomic E-state index is 0.0687. The van der Waals surface area contributed by atoms with Crippen LogP contribution in [-0.4, -0.2) is 30.3 Å². The molecule has 0 saturated heterocycles. The highest BCUT2D eigenvalue weighted by Crippen LogP contribution is 2.40. The molecule has 0 unspecified atom stereocenters. The lowest BCUT2D eigenvalue weighted by molar-refractivity contribution is -0.120. The second kappa shape index (κ2) is 7.88. The Morgan fingerprint density at radius 3 is 2.80 bits per heavy atom. The van der Waals surface area contributed by atoms with Crippen molar-refractivity contribution in [2.24, 2.45) is 0 Å². The van der Waals surface area contributed by atoms with Crippen LogP contribution in [0.15, 0.2) is 54.9 Å². The van der Waals surface area contributed by atoms with Gasteiger partial charge in [-0.15, -0.1) is 0 Å². The van der Waals surface area contributed by atoms with Crippen molar-refractivity contribution in [3.63, 3.8) is 0 Å². The maximum absolute atomic E-state index is 12.4. The molecule has 3 aromatic rings. The number of hydrogen-bond donors (Lipinski definition) is 1. The molecule has 5 rings (SSSR count). The minimum Gasteiger partial charge on any atom is -0.487 e. The molecule has 2 aliphatic rings. The standard InChI is InChI=1S/C23H19ClN2O4/c24-17-9-16-10-18(30-23(16)19(11-17)15-3-5-25-6-4-15)12-26-22(27)8-14-1-2-20-21(7-14)29-13-28-20/h1-7,9,11,18H,8,10,12-13H2,(H,26,27)/t18-/m0/s1. The van der Waals surface area contributed by atoms with E-state index in [-0.39, 0.29) is 25.2 Å². The molecule has 0 saturated carbocycles. The Bertz CT molecular complexity index is 1100. The number of ether oxygens (including phenoxy) is 3. The van der Waals surface area contributed by atoms with E-state index in [0.717, 1.165) is 28.0 Å². The first-order chi connectivity index (χ1) is 14.7. The van der Waals surface area contributed by atoms with Crippen LogP contribution in [0, 0.1) is 0 Å². The maximum Gasteiger partial charge on any atom is 0.231 e. The van der Waals surface area contributed by atoms with Crippen molar-refractivity contribution in [1.82, 2.24) is 10.3 Å². The average molecular weight is 423 g/mol. The van der Waals surface area contributed by atoms with Crippen molar-refractivity contribution >= 4 is 17.5 Å². The van der Waals surface area contributed by atoms with Crippen LogP contribution in [0.25, 0.3) is 11.1 Å². The van der Waals surface area contributed by atoms with Crippen molar-refractivity contribution in [3.8, 4) is 28.4 Å². The summed E-state index contributed by atoms with van der Waals surface area (Å²) >= 11 is 6.32. The zero-order chi connectivity index (χ0) is 20.5. The smallest absolute Gasteiger partial charge is 0.231 e. The summed E-state index contributed by atoms with van der Waals surface area (Å²) in [4.78, 5) is 16.5. The molecular formula is C23H19ClN2O4. The molecule has 30 heavy (non-hydrogen) atoms. The SMILES string of the molecule is O=C(Cc1ccc2c(c1)OCO2)NC[C@@H]1Cc2cc(Cl)cc(-c3ccncc3)c2O1. The molecule has 1 N–H and O–H groups in total. The molecule has 2 aromatic carbocycles. The summed E-state index contributed by atoms with van der Waals surface area (Å²) in [6.07, 6.45) is 4.30. The molecule has 3 heterocycles. The van der Waals surface area contributed by atoms with Crippen LogP contribution in [0.2, 0.25) is 5.02 Å². The van der Waals surface area contributed by atoms with Crippen molar-refractivity contribution in [1.29, 1.82) is 0 Å². The third-order valence-corrected chi connectivity index (χ3v) is 5.40. The normalized spacial score (nSPS) is 16.1. The van der Waals surface area contributed by atoms with E-state index in [1.54, 1.807) is 12.4 Å². The predicted molar refractivity (Wildman–Crippen MR) is 112 cm³/mol. The van der Waals surface area contributed by atoms with E-state index in [4.69, 9.17) is 25.8 Å². The van der Waals surface area contributed by atoms with Gasteiger partial charge in [-0.05, 0) is 47.5 Å². The summed E-state index contributed by atoms with van der Waals surface area (Å²) in [6, 6.07) is 13.2. The molecule has 2 aliphatic heterocycles. The number of benzene rings is 2. The minimum atomic E-state index is -0.139. The second-order valence-electron chi connectivity index (χ2n) is 7.29. The van der Waals surface area contributed by atoms with Crippen LogP contribution >= 0.6 is 11.6 Å². The first kappa shape index (κ1) is 18.8. The summed E-state index contributed by atoms with van der Waals surface area (Å²) < 4.78 is 16.8. The fourth-order valence-electron chi connectivity index (χ4n) is 3.78. The monoisotopic (exact) mass is 422 g/mol. The summed E-state index contributed by atoms with van der Waals surface area (Å²) in [5.41, 5.74) is 3.86. The third-order valence-electron chi connectivity index (χ3n) is 5.18. The lowest BCUT2D eigenvalue weighted by atomic mass is 10.0. The topological polar surface area (TPSA) is 69.7 Å². The first-order valence-electron chi connectivity index (χ1n) is 9.70. The lowest BCUT2D eigenvalue weighted by Gasteiger charge is -2.14. The Hall–Kier alpha value is -3.25. The van der Waals surface area contributed by atoms with E-state index in [0.29, 0.717) is 29.5 Å². The number of carbonyl (C=O) groups excluding carboxylic acids is 1. The Balaban J connectivity index is 1.23. The summed E-state index contributed by atoms with van der Waals surface area (Å²) in [6.45, 7) is 0.640. The van der Waals surface area contributed by atoms with Crippen molar-refractivity contribution in [3.05, 3.63) is 71.0 Å². The first-order valence-corrected chi connectivity index (χ1v) is 10.1. The Kier molecular flexibility index (Phi) is 4.93. The summed E-state index contributed by atoms with van der Waals surface area (Å²) in [5.74, 6) is 2.14. The summed E-state index contributed by atoms with van der Waals surface area (Å²) in [7, 11) is 0. The van der Waals surface area contributed by atoms with E-state index >= 15 is 0 Å². The van der Waals surface area contributed by atoms with Crippen LogP contribution in [0.1, 0.15) is 11.1 Å². The second-order valence-corrected chi connectivity index (χ2v) is 7.73. The number of halogens is 1. The number of amides is 1. The van der Waals surface area contributed by atoms with Gasteiger partial charge >= 0.3 is 0 Å². The van der Waals surface area contributed by atoms with Gasteiger partial charge in [0, 0.05) is 35.0 Å². The maximum atomic E-state index is 12.4. The van der Waals surface area contributed by atoms with E-state index in [1.165, 1.54) is 0 Å². The zero-order valence-corrected chi connectivity index (χ0v) is 16.8. The molecule has 6 nitrogen and oxygen atoms in total. The van der Waals surface area contributed by atoms with E-state index < -0.39 is 0 Å². The fraction of sp³-hybridized carbons (Fsp3) is 0.217. The van der Waals surface area contributed by atoms with Crippen LogP contribution < -0.4 is 19.5 Å². The quantitative estimate of drug-likeness (QED) is 0.677. The van der Waals surface area contributed by atoms with Gasteiger partial charge in [-0.1, -0.05) is 17.7 Å². The highest BCUT2D eigenvalue weighted by Gasteiger charge is 2.27. The zero-order valence-electron chi connectivity index (χ0n) is 16.1. The average Bonchev–Trinajstić information content (AvgIpc) is 3.38. The highest BCUT2D eigenvalue weighted by atomic mass is 35.5. The molecule has 1 atom stereocenters. The molecule has 0 bridgehead atoms. The van der Waals surface area contributed by atoms with Gasteiger partial charge < -0.3 is 19.5 Å². The van der Waals surface area contributed by atoms with Crippen LogP contribution in [-0.2, 0) is 17.6 Å². The van der Waals surface area contributed by atoms with Gasteiger partial charge in [-0.2, -0.15) is 0 Å². The number of carbonyl (C=O) groups is 1. The molecule has 0 spiro atoms. The molecule has 7 heteroatoms. The van der Waals surface area contributed by atoms with Gasteiger partial charge in [0.15, 0.2) is 11.5 Å². The fourth-order valence-corrected chi connectivity index (χ4v) is 4.02. The number of pyridine rings is 1. The molecule has 0 radical (unpaired) electrons. The van der Waals surface area contributed by atoms with Gasteiger partial charge in [0.25, 0.3) is 0 Å². The van der Waals surface area contributed by atoms with E-state index in [1.807, 2.05) is 42.5 Å². The lowest BCUT2D eigenvalue weighted by Crippen LogP contribution is -2.35. The number of aromatic nitrogens is 1. The summed E-state index contributed by atoms with van der Waals surface area (Å²) in [5, 5.41) is 3.63. The van der Waals surface area contributed by atoms with Crippen LogP contribution in [0.4, 0.5) is 0 Å². The van der Waals surface area contributed by atoms with Crippen LogP contribution in [0.5, 0.6) is 17.2 Å². The molecule has 0 aliphatic carbocycles. The van der Waals surface area contributed by atoms with E-state index in [9.17, 15) is 4.79 Å². The third kappa shape index (κ3) is 3.78. The van der Waals surface area contributed by atoms with Crippen molar-refractivity contribution in [2.45, 2.75) is 18.9 Å². The van der Waals surface area contributed by atoms with Gasteiger partial charge in [-0.3, -0.25) is 9.78 Å². The Morgan fingerprint density at radius 2 is 1.93 bits per heavy atom.